The van der Waals surface area contributed by atoms with E-state index in [9.17, 15) is 4.79 Å². The molecule has 0 radical (unpaired) electrons. The minimum atomic E-state index is -0.597. The monoisotopic (exact) mass is 142 g/mol. The zero-order chi connectivity index (χ0) is 7.98. The first-order valence-corrected chi connectivity index (χ1v) is 2.80. The summed E-state index contributed by atoms with van der Waals surface area (Å²) in [5.74, 6) is -0.597. The molecule has 0 atom stereocenters. The van der Waals surface area contributed by atoms with Crippen LogP contribution in [-0.2, 0) is 4.79 Å². The molecular weight excluding hydrogens is 132 g/mol. The lowest BCUT2D eigenvalue weighted by Crippen LogP contribution is -2.26. The molecule has 0 saturated carbocycles. The third kappa shape index (κ3) is 2.41. The molecule has 4 heteroatoms. The SMILES string of the molecule is C/C=C\C(=NC)C(=O)NO. The quantitative estimate of drug-likeness (QED) is 0.327. The van der Waals surface area contributed by atoms with Gasteiger partial charge < -0.3 is 0 Å². The molecule has 0 spiro atoms. The predicted molar refractivity (Wildman–Crippen MR) is 38.1 cm³/mol. The topological polar surface area (TPSA) is 61.7 Å². The van der Waals surface area contributed by atoms with E-state index in [4.69, 9.17) is 5.21 Å². The van der Waals surface area contributed by atoms with Crippen LogP contribution in [0.15, 0.2) is 17.1 Å². The predicted octanol–water partition coefficient (Wildman–Crippen LogP) is 0.139. The van der Waals surface area contributed by atoms with Crippen molar-refractivity contribution in [3.63, 3.8) is 0 Å². The Bertz CT molecular complexity index is 173. The smallest absolute Gasteiger partial charge is 0.288 e. The number of aliphatic imine (C=N–C) groups is 1. The number of carbonyl (C=O) groups is 1. The van der Waals surface area contributed by atoms with Crippen molar-refractivity contribution in [2.45, 2.75) is 6.92 Å². The van der Waals surface area contributed by atoms with Gasteiger partial charge in [-0.2, -0.15) is 0 Å². The van der Waals surface area contributed by atoms with Gasteiger partial charge in [0, 0.05) is 7.05 Å². The van der Waals surface area contributed by atoms with Crippen LogP contribution in [0.4, 0.5) is 0 Å². The lowest BCUT2D eigenvalue weighted by atomic mass is 10.3. The highest BCUT2D eigenvalue weighted by molar-refractivity contribution is 6.43. The molecule has 0 bridgehead atoms. The summed E-state index contributed by atoms with van der Waals surface area (Å²) < 4.78 is 0. The summed E-state index contributed by atoms with van der Waals surface area (Å²) >= 11 is 0. The Labute approximate surface area is 59.2 Å². The Morgan fingerprint density at radius 1 is 1.70 bits per heavy atom. The molecule has 0 rings (SSSR count). The molecule has 0 aromatic rings. The van der Waals surface area contributed by atoms with Crippen LogP contribution in [0.25, 0.3) is 0 Å². The molecule has 0 aromatic heterocycles. The van der Waals surface area contributed by atoms with Crippen molar-refractivity contribution in [1.29, 1.82) is 0 Å². The van der Waals surface area contributed by atoms with Gasteiger partial charge in [-0.3, -0.25) is 15.0 Å². The molecule has 1 amide bonds. The van der Waals surface area contributed by atoms with Crippen molar-refractivity contribution in [3.8, 4) is 0 Å². The van der Waals surface area contributed by atoms with E-state index in [-0.39, 0.29) is 5.71 Å². The van der Waals surface area contributed by atoms with Crippen molar-refractivity contribution in [2.75, 3.05) is 7.05 Å². The van der Waals surface area contributed by atoms with E-state index in [0.717, 1.165) is 0 Å². The summed E-state index contributed by atoms with van der Waals surface area (Å²) in [7, 11) is 1.48. The fraction of sp³-hybridized carbons (Fsp3) is 0.333. The van der Waals surface area contributed by atoms with Gasteiger partial charge in [0.1, 0.15) is 5.71 Å². The highest BCUT2D eigenvalue weighted by Gasteiger charge is 2.02. The Balaban J connectivity index is 4.23. The third-order valence-corrected chi connectivity index (χ3v) is 0.900. The first-order valence-electron chi connectivity index (χ1n) is 2.80. The standard InChI is InChI=1S/C6H10N2O2/c1-3-4-5(7-2)6(9)8-10/h3-4,10H,1-2H3,(H,8,9)/b4-3-,7-5?. The second-order valence-corrected chi connectivity index (χ2v) is 1.55. The number of carbonyl (C=O) groups excluding carboxylic acids is 1. The van der Waals surface area contributed by atoms with Gasteiger partial charge in [-0.1, -0.05) is 6.08 Å². The van der Waals surface area contributed by atoms with Crippen LogP contribution in [-0.4, -0.2) is 23.9 Å². The molecule has 4 nitrogen and oxygen atoms in total. The molecule has 0 aromatic carbocycles. The maximum Gasteiger partial charge on any atom is 0.292 e. The van der Waals surface area contributed by atoms with Gasteiger partial charge in [0.05, 0.1) is 0 Å². The molecule has 10 heavy (non-hydrogen) atoms. The molecule has 0 aliphatic rings. The average Bonchev–Trinajstić information content (AvgIpc) is 1.99. The van der Waals surface area contributed by atoms with Gasteiger partial charge >= 0.3 is 0 Å². The van der Waals surface area contributed by atoms with E-state index in [1.165, 1.54) is 18.6 Å². The molecule has 0 heterocycles. The molecule has 0 fully saturated rings. The zero-order valence-electron chi connectivity index (χ0n) is 5.96. The average molecular weight is 142 g/mol. The number of allylic oxidation sites excluding steroid dienone is 1. The number of hydrogen-bond donors (Lipinski definition) is 2. The van der Waals surface area contributed by atoms with E-state index < -0.39 is 5.91 Å². The number of hydrogen-bond acceptors (Lipinski definition) is 3. The Morgan fingerprint density at radius 2 is 2.30 bits per heavy atom. The summed E-state index contributed by atoms with van der Waals surface area (Å²) in [6, 6.07) is 0. The van der Waals surface area contributed by atoms with Crippen LogP contribution in [0, 0.1) is 0 Å². The second-order valence-electron chi connectivity index (χ2n) is 1.55. The zero-order valence-corrected chi connectivity index (χ0v) is 5.96. The molecule has 0 unspecified atom stereocenters. The van der Waals surface area contributed by atoms with Gasteiger partial charge in [0.2, 0.25) is 0 Å². The van der Waals surface area contributed by atoms with E-state index >= 15 is 0 Å². The van der Waals surface area contributed by atoms with Crippen LogP contribution >= 0.6 is 0 Å². The lowest BCUT2D eigenvalue weighted by molar-refractivity contribution is -0.122. The maximum absolute atomic E-state index is 10.6. The summed E-state index contributed by atoms with van der Waals surface area (Å²) in [5, 5.41) is 8.15. The second kappa shape index (κ2) is 4.69. The van der Waals surface area contributed by atoms with Crippen molar-refractivity contribution in [3.05, 3.63) is 12.2 Å². The van der Waals surface area contributed by atoms with Crippen LogP contribution in [0.3, 0.4) is 0 Å². The van der Waals surface area contributed by atoms with E-state index in [1.54, 1.807) is 13.0 Å². The minimum absolute atomic E-state index is 0.199. The number of nitrogens with one attached hydrogen (secondary N) is 1. The summed E-state index contributed by atoms with van der Waals surface area (Å²) in [6.07, 6.45) is 3.17. The van der Waals surface area contributed by atoms with E-state index in [1.807, 2.05) is 0 Å². The maximum atomic E-state index is 10.6. The van der Waals surface area contributed by atoms with Crippen LogP contribution < -0.4 is 5.48 Å². The van der Waals surface area contributed by atoms with E-state index in [0.29, 0.717) is 0 Å². The van der Waals surface area contributed by atoms with Crippen molar-refractivity contribution in [2.24, 2.45) is 4.99 Å². The Kier molecular flexibility index (Phi) is 4.15. The van der Waals surface area contributed by atoms with Crippen LogP contribution in [0.1, 0.15) is 6.92 Å². The fourth-order valence-corrected chi connectivity index (χ4v) is 0.467. The van der Waals surface area contributed by atoms with Gasteiger partial charge in [-0.05, 0) is 13.0 Å². The van der Waals surface area contributed by atoms with Crippen LogP contribution in [0.5, 0.6) is 0 Å². The lowest BCUT2D eigenvalue weighted by Gasteiger charge is -1.94. The number of hydroxylamine groups is 1. The van der Waals surface area contributed by atoms with E-state index in [2.05, 4.69) is 4.99 Å². The highest BCUT2D eigenvalue weighted by atomic mass is 16.5. The molecule has 0 aliphatic carbocycles. The Hall–Kier alpha value is -1.16. The van der Waals surface area contributed by atoms with Gasteiger partial charge in [-0.25, -0.2) is 5.48 Å². The number of rotatable bonds is 2. The molecular formula is C6H10N2O2. The first kappa shape index (κ1) is 8.84. The summed E-state index contributed by atoms with van der Waals surface area (Å²) in [4.78, 5) is 14.2. The van der Waals surface area contributed by atoms with Gasteiger partial charge in [-0.15, -0.1) is 0 Å². The minimum Gasteiger partial charge on any atom is -0.288 e. The van der Waals surface area contributed by atoms with Crippen molar-refractivity contribution < 1.29 is 10.0 Å². The number of nitrogens with zero attached hydrogens (tertiary/aromatic N) is 1. The largest absolute Gasteiger partial charge is 0.292 e. The molecule has 2 N–H and O–H groups in total. The molecule has 0 aliphatic heterocycles. The summed E-state index contributed by atoms with van der Waals surface area (Å²) in [5.41, 5.74) is 1.68. The van der Waals surface area contributed by atoms with Crippen molar-refractivity contribution >= 4 is 11.6 Å². The number of amides is 1. The fourth-order valence-electron chi connectivity index (χ4n) is 0.467. The highest BCUT2D eigenvalue weighted by Crippen LogP contribution is 1.80. The normalized spacial score (nSPS) is 12.1. The molecule has 56 valence electrons. The molecule has 0 saturated heterocycles. The Morgan fingerprint density at radius 3 is 2.60 bits per heavy atom. The van der Waals surface area contributed by atoms with Gasteiger partial charge in [0.25, 0.3) is 5.91 Å². The van der Waals surface area contributed by atoms with Crippen molar-refractivity contribution in [1.82, 2.24) is 5.48 Å². The summed E-state index contributed by atoms with van der Waals surface area (Å²) in [6.45, 7) is 1.76. The van der Waals surface area contributed by atoms with Crippen LogP contribution in [0.2, 0.25) is 0 Å². The van der Waals surface area contributed by atoms with Gasteiger partial charge in [0.15, 0.2) is 0 Å². The first-order chi connectivity index (χ1) is 4.76. The third-order valence-electron chi connectivity index (χ3n) is 0.900.